The molecule has 0 spiro atoms. The zero-order valence-electron chi connectivity index (χ0n) is 12.3. The maximum Gasteiger partial charge on any atom is 0.434 e. The van der Waals surface area contributed by atoms with E-state index in [0.29, 0.717) is 12.0 Å². The minimum absolute atomic E-state index is 0.247. The summed E-state index contributed by atoms with van der Waals surface area (Å²) < 4.78 is 12.0. The molecule has 3 atom stereocenters. The molecule has 0 aliphatic carbocycles. The maximum absolute atomic E-state index is 11.9. The van der Waals surface area contributed by atoms with Crippen LogP contribution in [-0.4, -0.2) is 46.1 Å². The summed E-state index contributed by atoms with van der Waals surface area (Å²) in [5.41, 5.74) is -0.513. The molecule has 0 aromatic carbocycles. The smallest absolute Gasteiger partial charge is 0.434 e. The van der Waals surface area contributed by atoms with Crippen LogP contribution in [0.15, 0.2) is 15.8 Å². The molecule has 9 nitrogen and oxygen atoms in total. The first-order chi connectivity index (χ1) is 10.5. The third-order valence-corrected chi connectivity index (χ3v) is 3.72. The van der Waals surface area contributed by atoms with Gasteiger partial charge in [-0.25, -0.2) is 9.59 Å². The molecule has 1 aromatic heterocycles. The third kappa shape index (κ3) is 2.53. The zero-order valence-corrected chi connectivity index (χ0v) is 12.3. The van der Waals surface area contributed by atoms with E-state index in [1.54, 1.807) is 13.8 Å². The van der Waals surface area contributed by atoms with Gasteiger partial charge in [-0.15, -0.1) is 0 Å². The van der Waals surface area contributed by atoms with E-state index in [1.807, 2.05) is 0 Å². The van der Waals surface area contributed by atoms with Gasteiger partial charge >= 0.3 is 11.8 Å². The summed E-state index contributed by atoms with van der Waals surface area (Å²) in [6, 6.07) is 0. The summed E-state index contributed by atoms with van der Waals surface area (Å²) in [4.78, 5) is 42.6. The first-order valence-corrected chi connectivity index (χ1v) is 7.08. The van der Waals surface area contributed by atoms with Crippen molar-refractivity contribution in [1.82, 2.24) is 14.6 Å². The second-order valence-corrected chi connectivity index (χ2v) is 5.25. The molecule has 2 aliphatic heterocycles. The van der Waals surface area contributed by atoms with Gasteiger partial charge in [0.15, 0.2) is 0 Å². The number of hydrogen-bond donors (Lipinski definition) is 1. The molecular weight excluding hydrogens is 294 g/mol. The second kappa shape index (κ2) is 5.58. The molecule has 3 heterocycles. The van der Waals surface area contributed by atoms with E-state index in [4.69, 9.17) is 14.3 Å². The van der Waals surface area contributed by atoms with E-state index in [-0.39, 0.29) is 25.4 Å². The minimum Gasteiger partial charge on any atom is -0.448 e. The van der Waals surface area contributed by atoms with Crippen molar-refractivity contribution in [1.29, 1.82) is 0 Å². The summed E-state index contributed by atoms with van der Waals surface area (Å²) >= 11 is 0. The van der Waals surface area contributed by atoms with E-state index in [0.717, 1.165) is 5.06 Å². The van der Waals surface area contributed by atoms with Crippen molar-refractivity contribution in [3.8, 4) is 0 Å². The number of fused-ring (bicyclic) bond motifs is 1. The molecule has 22 heavy (non-hydrogen) atoms. The van der Waals surface area contributed by atoms with Crippen LogP contribution >= 0.6 is 0 Å². The molecule has 3 unspecified atom stereocenters. The highest BCUT2D eigenvalue weighted by atomic mass is 16.8. The molecule has 2 fully saturated rings. The molecular formula is C13H17N3O6. The van der Waals surface area contributed by atoms with Gasteiger partial charge in [-0.1, -0.05) is 0 Å². The largest absolute Gasteiger partial charge is 0.448 e. The molecule has 2 saturated heterocycles. The zero-order chi connectivity index (χ0) is 15.9. The lowest BCUT2D eigenvalue weighted by atomic mass is 10.2. The van der Waals surface area contributed by atoms with E-state index in [2.05, 4.69) is 4.98 Å². The predicted molar refractivity (Wildman–Crippen MR) is 73.2 cm³/mol. The van der Waals surface area contributed by atoms with Crippen LogP contribution in [0.5, 0.6) is 0 Å². The SMILES string of the molecule is CCOC(=O)N1CC2OC(n3cc(C)c(=O)[nH]c3=O)CC2O1. The number of amides is 1. The molecule has 1 aromatic rings. The van der Waals surface area contributed by atoms with Crippen molar-refractivity contribution in [2.24, 2.45) is 0 Å². The van der Waals surface area contributed by atoms with Gasteiger partial charge in [-0.05, 0) is 13.8 Å². The number of hydrogen-bond acceptors (Lipinski definition) is 6. The highest BCUT2D eigenvalue weighted by Crippen LogP contribution is 2.35. The molecule has 1 amide bonds. The number of aryl methyl sites for hydroxylation is 1. The molecule has 3 rings (SSSR count). The minimum atomic E-state index is -0.547. The Morgan fingerprint density at radius 3 is 2.91 bits per heavy atom. The van der Waals surface area contributed by atoms with Gasteiger partial charge in [0.2, 0.25) is 0 Å². The fraction of sp³-hybridized carbons (Fsp3) is 0.615. The average molecular weight is 311 g/mol. The third-order valence-electron chi connectivity index (χ3n) is 3.72. The Balaban J connectivity index is 1.71. The number of H-pyrrole nitrogens is 1. The lowest BCUT2D eigenvalue weighted by Gasteiger charge is -2.19. The molecule has 2 aliphatic rings. The highest BCUT2D eigenvalue weighted by molar-refractivity contribution is 5.66. The number of rotatable bonds is 2. The molecule has 0 bridgehead atoms. The summed E-state index contributed by atoms with van der Waals surface area (Å²) in [7, 11) is 0. The van der Waals surface area contributed by atoms with Crippen molar-refractivity contribution in [2.75, 3.05) is 13.2 Å². The van der Waals surface area contributed by atoms with Gasteiger partial charge in [0.25, 0.3) is 5.56 Å². The fourth-order valence-electron chi connectivity index (χ4n) is 2.63. The van der Waals surface area contributed by atoms with Crippen LogP contribution in [0.4, 0.5) is 4.79 Å². The summed E-state index contributed by atoms with van der Waals surface area (Å²) in [5, 5.41) is 1.13. The Morgan fingerprint density at radius 2 is 2.23 bits per heavy atom. The number of carbonyl (C=O) groups excluding carboxylic acids is 1. The Labute approximate surface area is 125 Å². The number of nitrogens with zero attached hydrogens (tertiary/aromatic N) is 2. The van der Waals surface area contributed by atoms with Gasteiger partial charge in [0.1, 0.15) is 18.4 Å². The standard InChI is InChI=1S/C13H17N3O6/c1-3-20-13(19)16-6-9-8(22-16)4-10(21-9)15-5-7(2)11(17)14-12(15)18/h5,8-10H,3-4,6H2,1-2H3,(H,14,17,18). The maximum atomic E-state index is 11.9. The normalized spacial score (nSPS) is 27.0. The van der Waals surface area contributed by atoms with Crippen molar-refractivity contribution in [3.63, 3.8) is 0 Å². The second-order valence-electron chi connectivity index (χ2n) is 5.25. The molecule has 0 radical (unpaired) electrons. The molecule has 120 valence electrons. The van der Waals surface area contributed by atoms with Gasteiger partial charge in [0, 0.05) is 18.2 Å². The molecule has 9 heteroatoms. The number of ether oxygens (including phenoxy) is 2. The lowest BCUT2D eigenvalue weighted by Crippen LogP contribution is -2.35. The molecule has 0 saturated carbocycles. The van der Waals surface area contributed by atoms with E-state index < -0.39 is 23.6 Å². The summed E-state index contributed by atoms with van der Waals surface area (Å²) in [6.07, 6.45) is 0.153. The van der Waals surface area contributed by atoms with Crippen LogP contribution < -0.4 is 11.2 Å². The summed E-state index contributed by atoms with van der Waals surface area (Å²) in [6.45, 7) is 3.84. The van der Waals surface area contributed by atoms with Crippen molar-refractivity contribution in [2.45, 2.75) is 38.7 Å². The van der Waals surface area contributed by atoms with Crippen LogP contribution in [-0.2, 0) is 14.3 Å². The first kappa shape index (κ1) is 14.8. The topological polar surface area (TPSA) is 103 Å². The highest BCUT2D eigenvalue weighted by Gasteiger charge is 2.46. The average Bonchev–Trinajstić information content (AvgIpc) is 3.01. The van der Waals surface area contributed by atoms with Crippen molar-refractivity contribution in [3.05, 3.63) is 32.6 Å². The van der Waals surface area contributed by atoms with Crippen LogP contribution in [0.1, 0.15) is 25.1 Å². The van der Waals surface area contributed by atoms with Crippen LogP contribution in [0.3, 0.4) is 0 Å². The number of nitrogens with one attached hydrogen (secondary N) is 1. The number of aromatic amines is 1. The van der Waals surface area contributed by atoms with Crippen LogP contribution in [0.25, 0.3) is 0 Å². The van der Waals surface area contributed by atoms with Crippen LogP contribution in [0.2, 0.25) is 0 Å². The first-order valence-electron chi connectivity index (χ1n) is 7.08. The number of carbonyl (C=O) groups is 1. The lowest BCUT2D eigenvalue weighted by molar-refractivity contribution is -0.126. The molecule has 1 N–H and O–H groups in total. The Bertz CT molecular complexity index is 682. The summed E-state index contributed by atoms with van der Waals surface area (Å²) in [5.74, 6) is 0. The fourth-order valence-corrected chi connectivity index (χ4v) is 2.63. The predicted octanol–water partition coefficient (Wildman–Crippen LogP) is -0.0952. The van der Waals surface area contributed by atoms with E-state index in [1.165, 1.54) is 10.8 Å². The van der Waals surface area contributed by atoms with Gasteiger partial charge in [-0.2, -0.15) is 5.06 Å². The Morgan fingerprint density at radius 1 is 1.45 bits per heavy atom. The van der Waals surface area contributed by atoms with Crippen LogP contribution in [0, 0.1) is 6.92 Å². The van der Waals surface area contributed by atoms with Gasteiger partial charge in [-0.3, -0.25) is 19.2 Å². The monoisotopic (exact) mass is 311 g/mol. The number of hydroxylamine groups is 2. The quantitative estimate of drug-likeness (QED) is 0.818. The van der Waals surface area contributed by atoms with E-state index in [9.17, 15) is 14.4 Å². The van der Waals surface area contributed by atoms with Crippen molar-refractivity contribution >= 4 is 6.09 Å². The Kier molecular flexibility index (Phi) is 3.75. The van der Waals surface area contributed by atoms with Crippen molar-refractivity contribution < 1.29 is 19.1 Å². The van der Waals surface area contributed by atoms with Gasteiger partial charge in [0.05, 0.1) is 13.2 Å². The van der Waals surface area contributed by atoms with Gasteiger partial charge < -0.3 is 9.47 Å². The number of aromatic nitrogens is 2. The van der Waals surface area contributed by atoms with E-state index >= 15 is 0 Å². The Hall–Kier alpha value is -2.13.